The van der Waals surface area contributed by atoms with E-state index in [1.807, 2.05) is 12.1 Å². The van der Waals surface area contributed by atoms with Gasteiger partial charge in [0.15, 0.2) is 0 Å². The maximum absolute atomic E-state index is 5.76. The summed E-state index contributed by atoms with van der Waals surface area (Å²) in [4.78, 5) is 0. The van der Waals surface area contributed by atoms with Crippen LogP contribution in [0, 0.1) is 6.92 Å². The zero-order valence-electron chi connectivity index (χ0n) is 11.9. The van der Waals surface area contributed by atoms with Crippen molar-refractivity contribution in [2.75, 3.05) is 40.1 Å². The Kier molecular flexibility index (Phi) is 8.41. The Morgan fingerprint density at radius 2 is 2.00 bits per heavy atom. The normalized spacial score (nSPS) is 12.6. The maximum Gasteiger partial charge on any atom is 0.0948 e. The Morgan fingerprint density at radius 1 is 1.16 bits per heavy atom. The van der Waals surface area contributed by atoms with Crippen molar-refractivity contribution in [1.29, 1.82) is 0 Å². The van der Waals surface area contributed by atoms with Gasteiger partial charge in [-0.2, -0.15) is 0 Å². The van der Waals surface area contributed by atoms with Gasteiger partial charge in [-0.05, 0) is 18.9 Å². The van der Waals surface area contributed by atoms with Crippen molar-refractivity contribution in [2.24, 2.45) is 5.73 Å². The van der Waals surface area contributed by atoms with Gasteiger partial charge in [-0.25, -0.2) is 0 Å². The molecule has 0 spiro atoms. The third kappa shape index (κ3) is 6.68. The van der Waals surface area contributed by atoms with Crippen LogP contribution in [0.3, 0.4) is 0 Å². The number of aryl methyl sites for hydroxylation is 1. The monoisotopic (exact) mass is 267 g/mol. The fourth-order valence-electron chi connectivity index (χ4n) is 1.83. The van der Waals surface area contributed by atoms with Gasteiger partial charge >= 0.3 is 0 Å². The molecule has 0 saturated carbocycles. The van der Waals surface area contributed by atoms with Crippen molar-refractivity contribution < 1.29 is 14.2 Å². The molecule has 0 aliphatic heterocycles. The number of methoxy groups -OCH3 is 1. The van der Waals surface area contributed by atoms with E-state index in [0.717, 1.165) is 18.6 Å². The van der Waals surface area contributed by atoms with Crippen molar-refractivity contribution >= 4 is 0 Å². The van der Waals surface area contributed by atoms with E-state index in [-0.39, 0.29) is 6.10 Å². The summed E-state index contributed by atoms with van der Waals surface area (Å²) < 4.78 is 16.1. The Labute approximate surface area is 115 Å². The first-order chi connectivity index (χ1) is 9.27. The summed E-state index contributed by atoms with van der Waals surface area (Å²) in [6, 6.07) is 8.24. The first-order valence-corrected chi connectivity index (χ1v) is 6.73. The molecule has 4 heteroatoms. The minimum Gasteiger partial charge on any atom is -0.385 e. The lowest BCUT2D eigenvalue weighted by molar-refractivity contribution is 0.00388. The van der Waals surface area contributed by atoms with Gasteiger partial charge in [0.1, 0.15) is 0 Å². The van der Waals surface area contributed by atoms with Crippen LogP contribution in [0.2, 0.25) is 0 Å². The average molecular weight is 267 g/mol. The minimum absolute atomic E-state index is 0.0533. The summed E-state index contributed by atoms with van der Waals surface area (Å²) in [5, 5.41) is 0. The highest BCUT2D eigenvalue weighted by molar-refractivity contribution is 5.24. The van der Waals surface area contributed by atoms with E-state index in [4.69, 9.17) is 19.9 Å². The Hall–Kier alpha value is -0.940. The molecule has 19 heavy (non-hydrogen) atoms. The molecule has 0 aliphatic rings. The van der Waals surface area contributed by atoms with Crippen LogP contribution in [0.5, 0.6) is 0 Å². The molecule has 2 N–H and O–H groups in total. The molecular formula is C15H25NO3. The van der Waals surface area contributed by atoms with E-state index in [1.165, 1.54) is 5.56 Å². The molecule has 0 amide bonds. The molecule has 0 fully saturated rings. The van der Waals surface area contributed by atoms with Crippen LogP contribution < -0.4 is 5.73 Å². The van der Waals surface area contributed by atoms with E-state index < -0.39 is 0 Å². The Bertz CT molecular complexity index is 344. The number of hydrogen-bond acceptors (Lipinski definition) is 4. The largest absolute Gasteiger partial charge is 0.385 e. The second kappa shape index (κ2) is 9.92. The molecule has 1 aromatic carbocycles. The van der Waals surface area contributed by atoms with Crippen LogP contribution in [0.1, 0.15) is 23.7 Å². The first-order valence-electron chi connectivity index (χ1n) is 6.73. The van der Waals surface area contributed by atoms with Gasteiger partial charge in [0.25, 0.3) is 0 Å². The van der Waals surface area contributed by atoms with Crippen LogP contribution in [0.15, 0.2) is 24.3 Å². The lowest BCUT2D eigenvalue weighted by Gasteiger charge is -2.17. The fraction of sp³-hybridized carbons (Fsp3) is 0.600. The zero-order chi connectivity index (χ0) is 13.9. The number of hydrogen-bond donors (Lipinski definition) is 1. The maximum atomic E-state index is 5.76. The SMILES string of the molecule is COCCCOCCOC(CN)c1cccc(C)c1. The van der Waals surface area contributed by atoms with Gasteiger partial charge in [0.2, 0.25) is 0 Å². The first kappa shape index (κ1) is 16.1. The number of ether oxygens (including phenoxy) is 3. The van der Waals surface area contributed by atoms with E-state index in [0.29, 0.717) is 26.4 Å². The molecule has 1 aromatic rings. The molecule has 0 radical (unpaired) electrons. The highest BCUT2D eigenvalue weighted by Crippen LogP contribution is 2.17. The third-order valence-corrected chi connectivity index (χ3v) is 2.81. The molecule has 0 heterocycles. The highest BCUT2D eigenvalue weighted by Gasteiger charge is 2.09. The van der Waals surface area contributed by atoms with Crippen LogP contribution in [0.25, 0.3) is 0 Å². The summed E-state index contributed by atoms with van der Waals surface area (Å²) >= 11 is 0. The smallest absolute Gasteiger partial charge is 0.0948 e. The molecule has 1 rings (SSSR count). The van der Waals surface area contributed by atoms with Gasteiger partial charge < -0.3 is 19.9 Å². The number of rotatable bonds is 10. The van der Waals surface area contributed by atoms with Crippen molar-refractivity contribution in [2.45, 2.75) is 19.4 Å². The molecule has 108 valence electrons. The summed E-state index contributed by atoms with van der Waals surface area (Å²) in [5.41, 5.74) is 8.10. The van der Waals surface area contributed by atoms with Crippen molar-refractivity contribution in [3.63, 3.8) is 0 Å². The molecule has 1 unspecified atom stereocenters. The molecule has 0 saturated heterocycles. The molecule has 0 aliphatic carbocycles. The standard InChI is InChI=1S/C15H25NO3/c1-13-5-3-6-14(11-13)15(12-16)19-10-9-18-8-4-7-17-2/h3,5-6,11,15H,4,7-10,12,16H2,1-2H3. The Balaban J connectivity index is 2.22. The van der Waals surface area contributed by atoms with Crippen LogP contribution in [-0.4, -0.2) is 40.1 Å². The quantitative estimate of drug-likeness (QED) is 0.659. The van der Waals surface area contributed by atoms with E-state index in [1.54, 1.807) is 7.11 Å². The van der Waals surface area contributed by atoms with Gasteiger partial charge in [-0.3, -0.25) is 0 Å². The van der Waals surface area contributed by atoms with Gasteiger partial charge in [0.05, 0.1) is 19.3 Å². The fourth-order valence-corrected chi connectivity index (χ4v) is 1.83. The average Bonchev–Trinajstić information content (AvgIpc) is 2.42. The Morgan fingerprint density at radius 3 is 2.68 bits per heavy atom. The lowest BCUT2D eigenvalue weighted by atomic mass is 10.1. The topological polar surface area (TPSA) is 53.7 Å². The van der Waals surface area contributed by atoms with E-state index >= 15 is 0 Å². The second-order valence-electron chi connectivity index (χ2n) is 4.47. The molecule has 0 bridgehead atoms. The molecule has 0 aromatic heterocycles. The van der Waals surface area contributed by atoms with Crippen molar-refractivity contribution in [3.8, 4) is 0 Å². The third-order valence-electron chi connectivity index (χ3n) is 2.81. The van der Waals surface area contributed by atoms with Gasteiger partial charge in [-0.15, -0.1) is 0 Å². The van der Waals surface area contributed by atoms with Gasteiger partial charge in [0, 0.05) is 26.9 Å². The molecule has 4 nitrogen and oxygen atoms in total. The van der Waals surface area contributed by atoms with Crippen molar-refractivity contribution in [3.05, 3.63) is 35.4 Å². The van der Waals surface area contributed by atoms with Gasteiger partial charge in [-0.1, -0.05) is 29.8 Å². The summed E-state index contributed by atoms with van der Waals surface area (Å²) in [6.45, 7) is 5.13. The molecular weight excluding hydrogens is 242 g/mol. The van der Waals surface area contributed by atoms with Crippen LogP contribution in [0.4, 0.5) is 0 Å². The predicted molar refractivity (Wildman–Crippen MR) is 76.2 cm³/mol. The minimum atomic E-state index is -0.0533. The highest BCUT2D eigenvalue weighted by atomic mass is 16.5. The zero-order valence-corrected chi connectivity index (χ0v) is 11.9. The van der Waals surface area contributed by atoms with Crippen molar-refractivity contribution in [1.82, 2.24) is 0 Å². The van der Waals surface area contributed by atoms with E-state index in [9.17, 15) is 0 Å². The van der Waals surface area contributed by atoms with Crippen LogP contribution >= 0.6 is 0 Å². The number of nitrogens with two attached hydrogens (primary N) is 1. The lowest BCUT2D eigenvalue weighted by Crippen LogP contribution is -2.18. The molecule has 1 atom stereocenters. The van der Waals surface area contributed by atoms with Crippen LogP contribution in [-0.2, 0) is 14.2 Å². The summed E-state index contributed by atoms with van der Waals surface area (Å²) in [6.07, 6.45) is 0.858. The number of benzene rings is 1. The van der Waals surface area contributed by atoms with E-state index in [2.05, 4.69) is 19.1 Å². The second-order valence-corrected chi connectivity index (χ2v) is 4.47. The summed E-state index contributed by atoms with van der Waals surface area (Å²) in [7, 11) is 1.69. The summed E-state index contributed by atoms with van der Waals surface area (Å²) in [5.74, 6) is 0. The predicted octanol–water partition coefficient (Wildman–Crippen LogP) is 2.06.